The van der Waals surface area contributed by atoms with Crippen LogP contribution >= 0.6 is 0 Å². The Morgan fingerprint density at radius 3 is 2.16 bits per heavy atom. The molecule has 0 aliphatic carbocycles. The van der Waals surface area contributed by atoms with Gasteiger partial charge in [-0.05, 0) is 41.2 Å². The highest BCUT2D eigenvalue weighted by Crippen LogP contribution is 2.28. The Morgan fingerprint density at radius 2 is 1.79 bits per heavy atom. The monoisotopic (exact) mass is 271 g/mol. The third kappa shape index (κ3) is 4.44. The highest BCUT2D eigenvalue weighted by atomic mass is 16.5. The Balaban J connectivity index is 2.82. The first-order chi connectivity index (χ1) is 8.50. The number of hydrogen-bond donors (Lipinski definition) is 2. The van der Waals surface area contributed by atoms with Crippen LogP contribution < -0.4 is 11.1 Å². The van der Waals surface area contributed by atoms with Crippen LogP contribution in [0.2, 0.25) is 0 Å². The number of ether oxygens (including phenoxy) is 1. The van der Waals surface area contributed by atoms with Gasteiger partial charge in [-0.1, -0.05) is 6.92 Å². The summed E-state index contributed by atoms with van der Waals surface area (Å²) in [7, 11) is 0. The number of nitrogens with one attached hydrogen (secondary N) is 1. The van der Waals surface area contributed by atoms with Crippen molar-refractivity contribution in [1.82, 2.24) is 10.2 Å². The molecule has 19 heavy (non-hydrogen) atoms. The van der Waals surface area contributed by atoms with E-state index >= 15 is 0 Å². The number of nitrogens with zero attached hydrogens (tertiary/aromatic N) is 1. The molecular formula is C14H29N3O2. The van der Waals surface area contributed by atoms with Crippen molar-refractivity contribution in [3.05, 3.63) is 0 Å². The lowest BCUT2D eigenvalue weighted by molar-refractivity contribution is -0.183. The van der Waals surface area contributed by atoms with Crippen molar-refractivity contribution >= 4 is 5.91 Å². The summed E-state index contributed by atoms with van der Waals surface area (Å²) in [5.41, 5.74) is 4.42. The van der Waals surface area contributed by atoms with Crippen LogP contribution in [0.4, 0.5) is 0 Å². The molecule has 0 bridgehead atoms. The van der Waals surface area contributed by atoms with E-state index in [1.165, 1.54) is 0 Å². The van der Waals surface area contributed by atoms with Gasteiger partial charge in [0.2, 0.25) is 5.91 Å². The van der Waals surface area contributed by atoms with Gasteiger partial charge in [-0.15, -0.1) is 0 Å². The zero-order chi connectivity index (χ0) is 14.9. The van der Waals surface area contributed by atoms with Crippen LogP contribution in [0.15, 0.2) is 0 Å². The molecule has 0 aromatic heterocycles. The van der Waals surface area contributed by atoms with Crippen LogP contribution in [-0.4, -0.2) is 53.7 Å². The van der Waals surface area contributed by atoms with Gasteiger partial charge < -0.3 is 15.8 Å². The Kier molecular flexibility index (Phi) is 4.65. The maximum absolute atomic E-state index is 11.7. The van der Waals surface area contributed by atoms with Crippen LogP contribution in [0.1, 0.15) is 41.5 Å². The number of carbonyl (C=O) groups is 1. The quantitative estimate of drug-likeness (QED) is 0.773. The molecule has 1 aliphatic heterocycles. The number of carbonyl (C=O) groups excluding carboxylic acids is 1. The summed E-state index contributed by atoms with van der Waals surface area (Å²) in [6, 6.07) is 0. The molecule has 1 unspecified atom stereocenters. The summed E-state index contributed by atoms with van der Waals surface area (Å²) < 4.78 is 6.05. The van der Waals surface area contributed by atoms with E-state index < -0.39 is 5.54 Å². The predicted octanol–water partition coefficient (Wildman–Crippen LogP) is 0.729. The zero-order valence-electron chi connectivity index (χ0n) is 13.2. The lowest BCUT2D eigenvalue weighted by atomic mass is 9.94. The van der Waals surface area contributed by atoms with E-state index in [4.69, 9.17) is 10.5 Å². The average molecular weight is 271 g/mol. The number of hydrogen-bond acceptors (Lipinski definition) is 4. The number of nitrogens with two attached hydrogens (primary N) is 1. The second kappa shape index (κ2) is 5.38. The normalized spacial score (nSPS) is 25.8. The zero-order valence-corrected chi connectivity index (χ0v) is 13.2. The summed E-state index contributed by atoms with van der Waals surface area (Å²) in [6.45, 7) is 15.1. The molecule has 0 saturated carbocycles. The molecule has 5 heteroatoms. The lowest BCUT2D eigenvalue weighted by Gasteiger charge is -2.49. The van der Waals surface area contributed by atoms with Gasteiger partial charge >= 0.3 is 0 Å². The van der Waals surface area contributed by atoms with Gasteiger partial charge in [0, 0.05) is 19.6 Å². The van der Waals surface area contributed by atoms with E-state index in [1.54, 1.807) is 0 Å². The largest absolute Gasteiger partial charge is 0.368 e. The SMILES string of the molecule is CCNC(C)(CN1CC(C)(C)OC(C)(C)C1)C(N)=O. The van der Waals surface area contributed by atoms with Crippen molar-refractivity contribution in [3.8, 4) is 0 Å². The van der Waals surface area contributed by atoms with E-state index in [2.05, 4.69) is 37.9 Å². The second-order valence-corrected chi connectivity index (χ2v) is 6.99. The average Bonchev–Trinajstić information content (AvgIpc) is 2.11. The number of rotatable bonds is 5. The lowest BCUT2D eigenvalue weighted by Crippen LogP contribution is -2.65. The molecule has 1 fully saturated rings. The fourth-order valence-electron chi connectivity index (χ4n) is 3.12. The van der Waals surface area contributed by atoms with Gasteiger partial charge in [-0.3, -0.25) is 9.69 Å². The summed E-state index contributed by atoms with van der Waals surface area (Å²) in [5, 5.41) is 3.20. The fraction of sp³-hybridized carbons (Fsp3) is 0.929. The first kappa shape index (κ1) is 16.4. The predicted molar refractivity (Wildman–Crippen MR) is 77.0 cm³/mol. The van der Waals surface area contributed by atoms with Gasteiger partial charge in [0.15, 0.2) is 0 Å². The molecule has 112 valence electrons. The molecule has 1 atom stereocenters. The minimum atomic E-state index is -0.696. The molecule has 1 amide bonds. The Hall–Kier alpha value is -0.650. The maximum Gasteiger partial charge on any atom is 0.238 e. The minimum absolute atomic E-state index is 0.216. The molecule has 1 heterocycles. The van der Waals surface area contributed by atoms with Crippen LogP contribution in [-0.2, 0) is 9.53 Å². The topological polar surface area (TPSA) is 67.6 Å². The van der Waals surface area contributed by atoms with E-state index in [0.717, 1.165) is 19.6 Å². The standard InChI is InChI=1S/C14H29N3O2/c1-7-16-14(6,11(15)18)10-17-8-12(2,3)19-13(4,5)9-17/h16H,7-10H2,1-6H3,(H2,15,18). The molecule has 1 rings (SSSR count). The minimum Gasteiger partial charge on any atom is -0.368 e. The summed E-state index contributed by atoms with van der Waals surface area (Å²) >= 11 is 0. The summed E-state index contributed by atoms with van der Waals surface area (Å²) in [5.74, 6) is -0.309. The van der Waals surface area contributed by atoms with Crippen LogP contribution in [0.3, 0.4) is 0 Å². The number of primary amides is 1. The first-order valence-electron chi connectivity index (χ1n) is 6.97. The van der Waals surface area contributed by atoms with Crippen LogP contribution in [0.5, 0.6) is 0 Å². The van der Waals surface area contributed by atoms with Crippen molar-refractivity contribution in [2.24, 2.45) is 5.73 Å². The van der Waals surface area contributed by atoms with Gasteiger partial charge in [0.25, 0.3) is 0 Å². The molecule has 5 nitrogen and oxygen atoms in total. The molecule has 0 aromatic carbocycles. The van der Waals surface area contributed by atoms with Crippen LogP contribution in [0, 0.1) is 0 Å². The molecule has 0 radical (unpaired) electrons. The molecule has 1 aliphatic rings. The van der Waals surface area contributed by atoms with Gasteiger partial charge in [-0.25, -0.2) is 0 Å². The van der Waals surface area contributed by atoms with E-state index in [0.29, 0.717) is 6.54 Å². The van der Waals surface area contributed by atoms with Crippen molar-refractivity contribution in [2.75, 3.05) is 26.2 Å². The molecule has 1 saturated heterocycles. The van der Waals surface area contributed by atoms with E-state index in [9.17, 15) is 4.79 Å². The first-order valence-corrected chi connectivity index (χ1v) is 6.97. The van der Waals surface area contributed by atoms with Crippen molar-refractivity contribution in [3.63, 3.8) is 0 Å². The van der Waals surface area contributed by atoms with E-state index in [1.807, 2.05) is 13.8 Å². The van der Waals surface area contributed by atoms with Gasteiger partial charge in [-0.2, -0.15) is 0 Å². The Morgan fingerprint density at radius 1 is 1.32 bits per heavy atom. The van der Waals surface area contributed by atoms with Crippen LogP contribution in [0.25, 0.3) is 0 Å². The number of likely N-dealkylation sites (N-methyl/N-ethyl adjacent to an activating group) is 1. The van der Waals surface area contributed by atoms with Crippen molar-refractivity contribution in [1.29, 1.82) is 0 Å². The smallest absolute Gasteiger partial charge is 0.238 e. The third-order valence-corrected chi connectivity index (χ3v) is 3.41. The molecule has 0 spiro atoms. The summed E-state index contributed by atoms with van der Waals surface area (Å²) in [6.07, 6.45) is 0. The number of morpholine rings is 1. The van der Waals surface area contributed by atoms with Crippen molar-refractivity contribution in [2.45, 2.75) is 58.3 Å². The number of amides is 1. The third-order valence-electron chi connectivity index (χ3n) is 3.41. The molecule has 3 N–H and O–H groups in total. The van der Waals surface area contributed by atoms with Gasteiger partial charge in [0.05, 0.1) is 11.2 Å². The second-order valence-electron chi connectivity index (χ2n) is 6.99. The van der Waals surface area contributed by atoms with E-state index in [-0.39, 0.29) is 17.1 Å². The fourth-order valence-corrected chi connectivity index (χ4v) is 3.12. The highest BCUT2D eigenvalue weighted by Gasteiger charge is 2.41. The summed E-state index contributed by atoms with van der Waals surface area (Å²) in [4.78, 5) is 14.0. The molecule has 0 aromatic rings. The maximum atomic E-state index is 11.7. The Bertz CT molecular complexity index is 326. The molecular weight excluding hydrogens is 242 g/mol. The highest BCUT2D eigenvalue weighted by molar-refractivity contribution is 5.84. The van der Waals surface area contributed by atoms with Crippen molar-refractivity contribution < 1.29 is 9.53 Å². The van der Waals surface area contributed by atoms with Gasteiger partial charge in [0.1, 0.15) is 5.54 Å². The Labute approximate surface area is 116 Å².